The minimum absolute atomic E-state index is 0.0745. The van der Waals surface area contributed by atoms with Crippen molar-refractivity contribution < 1.29 is 4.79 Å². The van der Waals surface area contributed by atoms with Gasteiger partial charge in [0.05, 0.1) is 12.0 Å². The molecule has 1 saturated heterocycles. The standard InChI is InChI=1S/C11H20N6O/c1-3-17-6-4-5-11(2,8-17)10(18)12-7-9-13-15-16-14-9/h3-8H2,1-2H3,(H,12,18)(H,13,14,15,16)/t11-/m0/s1. The molecule has 2 rings (SSSR count). The molecule has 0 saturated carbocycles. The van der Waals surface area contributed by atoms with Gasteiger partial charge in [0.1, 0.15) is 0 Å². The van der Waals surface area contributed by atoms with Gasteiger partial charge in [0.25, 0.3) is 0 Å². The molecule has 1 fully saturated rings. The summed E-state index contributed by atoms with van der Waals surface area (Å²) in [4.78, 5) is 14.6. The van der Waals surface area contributed by atoms with Crippen LogP contribution in [0.4, 0.5) is 0 Å². The van der Waals surface area contributed by atoms with E-state index in [-0.39, 0.29) is 11.3 Å². The molecule has 0 spiro atoms. The molecule has 2 N–H and O–H groups in total. The fourth-order valence-electron chi connectivity index (χ4n) is 2.43. The lowest BCUT2D eigenvalue weighted by Gasteiger charge is -2.38. The summed E-state index contributed by atoms with van der Waals surface area (Å²) in [6.07, 6.45) is 2.00. The number of H-pyrrole nitrogens is 1. The average Bonchev–Trinajstić information content (AvgIpc) is 2.89. The molecule has 0 bridgehead atoms. The topological polar surface area (TPSA) is 86.8 Å². The predicted octanol–water partition coefficient (Wildman–Crippen LogP) is -0.0621. The molecule has 7 nitrogen and oxygen atoms in total. The maximum Gasteiger partial charge on any atom is 0.227 e. The average molecular weight is 252 g/mol. The number of carbonyl (C=O) groups is 1. The first-order valence-electron chi connectivity index (χ1n) is 6.37. The van der Waals surface area contributed by atoms with E-state index in [4.69, 9.17) is 0 Å². The highest BCUT2D eigenvalue weighted by Gasteiger charge is 2.37. The summed E-state index contributed by atoms with van der Waals surface area (Å²) in [6.45, 7) is 7.39. The highest BCUT2D eigenvalue weighted by atomic mass is 16.2. The molecule has 1 atom stereocenters. The first-order valence-corrected chi connectivity index (χ1v) is 6.37. The van der Waals surface area contributed by atoms with Gasteiger partial charge in [-0.2, -0.15) is 5.21 Å². The van der Waals surface area contributed by atoms with Crippen LogP contribution in [0.25, 0.3) is 0 Å². The van der Waals surface area contributed by atoms with E-state index in [2.05, 4.69) is 37.8 Å². The van der Waals surface area contributed by atoms with Crippen LogP contribution in [0, 0.1) is 5.41 Å². The van der Waals surface area contributed by atoms with Crippen molar-refractivity contribution in [2.45, 2.75) is 33.2 Å². The molecule has 100 valence electrons. The van der Waals surface area contributed by atoms with Crippen LogP contribution in [0.1, 0.15) is 32.5 Å². The Bertz CT molecular complexity index is 392. The van der Waals surface area contributed by atoms with Gasteiger partial charge in [0.15, 0.2) is 5.82 Å². The zero-order valence-corrected chi connectivity index (χ0v) is 10.9. The molecule has 7 heteroatoms. The van der Waals surface area contributed by atoms with Gasteiger partial charge in [0.2, 0.25) is 5.91 Å². The Morgan fingerprint density at radius 3 is 3.11 bits per heavy atom. The number of rotatable bonds is 4. The second kappa shape index (κ2) is 5.43. The first-order chi connectivity index (χ1) is 8.64. The number of likely N-dealkylation sites (tertiary alicyclic amines) is 1. The van der Waals surface area contributed by atoms with Crippen LogP contribution in [0.5, 0.6) is 0 Å². The first kappa shape index (κ1) is 12.9. The van der Waals surface area contributed by atoms with Gasteiger partial charge in [-0.25, -0.2) is 0 Å². The largest absolute Gasteiger partial charge is 0.348 e. The maximum atomic E-state index is 12.3. The van der Waals surface area contributed by atoms with E-state index in [9.17, 15) is 4.79 Å². The van der Waals surface area contributed by atoms with Gasteiger partial charge >= 0.3 is 0 Å². The third-order valence-electron chi connectivity index (χ3n) is 3.57. The number of hydrogen-bond donors (Lipinski definition) is 2. The van der Waals surface area contributed by atoms with Crippen LogP contribution in [-0.2, 0) is 11.3 Å². The van der Waals surface area contributed by atoms with Gasteiger partial charge in [-0.15, -0.1) is 10.2 Å². The number of hydrogen-bond acceptors (Lipinski definition) is 5. The van der Waals surface area contributed by atoms with Crippen LogP contribution in [0.15, 0.2) is 0 Å². The van der Waals surface area contributed by atoms with Gasteiger partial charge in [0, 0.05) is 6.54 Å². The zero-order valence-electron chi connectivity index (χ0n) is 10.9. The molecule has 1 aromatic heterocycles. The van der Waals surface area contributed by atoms with E-state index in [0.717, 1.165) is 32.5 Å². The highest BCUT2D eigenvalue weighted by molar-refractivity contribution is 5.82. The third-order valence-corrected chi connectivity index (χ3v) is 3.57. The van der Waals surface area contributed by atoms with Gasteiger partial charge < -0.3 is 10.2 Å². The fourth-order valence-corrected chi connectivity index (χ4v) is 2.43. The van der Waals surface area contributed by atoms with Gasteiger partial charge in [-0.3, -0.25) is 4.79 Å². The number of aromatic nitrogens is 4. The zero-order chi connectivity index (χ0) is 13.0. The van der Waals surface area contributed by atoms with Crippen LogP contribution in [0.2, 0.25) is 0 Å². The van der Waals surface area contributed by atoms with E-state index in [0.29, 0.717) is 12.4 Å². The molecular formula is C11H20N6O. The number of amides is 1. The lowest BCUT2D eigenvalue weighted by molar-refractivity contribution is -0.133. The summed E-state index contributed by atoms with van der Waals surface area (Å²) in [5, 5.41) is 16.3. The summed E-state index contributed by atoms with van der Waals surface area (Å²) in [5.41, 5.74) is -0.308. The van der Waals surface area contributed by atoms with E-state index in [1.807, 2.05) is 6.92 Å². The second-order valence-corrected chi connectivity index (χ2v) is 5.04. The fraction of sp³-hybridized carbons (Fsp3) is 0.818. The molecule has 1 aliphatic rings. The molecule has 1 aromatic rings. The second-order valence-electron chi connectivity index (χ2n) is 5.04. The van der Waals surface area contributed by atoms with Crippen molar-refractivity contribution in [3.8, 4) is 0 Å². The van der Waals surface area contributed by atoms with Crippen LogP contribution in [-0.4, -0.2) is 51.1 Å². The molecule has 0 unspecified atom stereocenters. The monoisotopic (exact) mass is 252 g/mol. The SMILES string of the molecule is CCN1CCC[C@](C)(C(=O)NCc2nn[nH]n2)C1. The minimum Gasteiger partial charge on any atom is -0.348 e. The number of nitrogens with zero attached hydrogens (tertiary/aromatic N) is 4. The van der Waals surface area contributed by atoms with Crippen molar-refractivity contribution in [1.29, 1.82) is 0 Å². The molecular weight excluding hydrogens is 232 g/mol. The smallest absolute Gasteiger partial charge is 0.227 e. The Kier molecular flexibility index (Phi) is 3.90. The Labute approximate surface area is 106 Å². The molecule has 2 heterocycles. The van der Waals surface area contributed by atoms with Crippen LogP contribution < -0.4 is 5.32 Å². The van der Waals surface area contributed by atoms with E-state index in [1.165, 1.54) is 0 Å². The minimum atomic E-state index is -0.308. The van der Waals surface area contributed by atoms with Gasteiger partial charge in [-0.05, 0) is 32.9 Å². The maximum absolute atomic E-state index is 12.3. The Morgan fingerprint density at radius 1 is 1.61 bits per heavy atom. The Morgan fingerprint density at radius 2 is 2.44 bits per heavy atom. The summed E-state index contributed by atoms with van der Waals surface area (Å²) in [5.74, 6) is 0.584. The molecule has 0 aliphatic carbocycles. The molecule has 0 aromatic carbocycles. The van der Waals surface area contributed by atoms with Gasteiger partial charge in [-0.1, -0.05) is 12.1 Å². The summed E-state index contributed by atoms with van der Waals surface area (Å²) in [6, 6.07) is 0. The summed E-state index contributed by atoms with van der Waals surface area (Å²) >= 11 is 0. The molecule has 0 radical (unpaired) electrons. The van der Waals surface area contributed by atoms with Crippen LogP contribution in [0.3, 0.4) is 0 Å². The number of tetrazole rings is 1. The number of aromatic amines is 1. The van der Waals surface area contributed by atoms with Crippen molar-refractivity contribution in [1.82, 2.24) is 30.8 Å². The number of piperidine rings is 1. The third kappa shape index (κ3) is 2.84. The van der Waals surface area contributed by atoms with E-state index >= 15 is 0 Å². The van der Waals surface area contributed by atoms with Crippen molar-refractivity contribution in [2.75, 3.05) is 19.6 Å². The van der Waals surface area contributed by atoms with Crippen LogP contribution >= 0.6 is 0 Å². The van der Waals surface area contributed by atoms with Crippen molar-refractivity contribution in [3.63, 3.8) is 0 Å². The summed E-state index contributed by atoms with van der Waals surface area (Å²) < 4.78 is 0. The quantitative estimate of drug-likeness (QED) is 0.784. The molecule has 1 aliphatic heterocycles. The van der Waals surface area contributed by atoms with E-state index < -0.39 is 0 Å². The summed E-state index contributed by atoms with van der Waals surface area (Å²) in [7, 11) is 0. The Hall–Kier alpha value is -1.50. The number of carbonyl (C=O) groups excluding carboxylic acids is 1. The Balaban J connectivity index is 1.90. The van der Waals surface area contributed by atoms with Crippen molar-refractivity contribution in [2.24, 2.45) is 5.41 Å². The molecule has 1 amide bonds. The highest BCUT2D eigenvalue weighted by Crippen LogP contribution is 2.29. The lowest BCUT2D eigenvalue weighted by Crippen LogP contribution is -2.50. The van der Waals surface area contributed by atoms with E-state index in [1.54, 1.807) is 0 Å². The number of nitrogens with one attached hydrogen (secondary N) is 2. The normalized spacial score (nSPS) is 25.0. The van der Waals surface area contributed by atoms with Crippen molar-refractivity contribution >= 4 is 5.91 Å². The van der Waals surface area contributed by atoms with Crippen molar-refractivity contribution in [3.05, 3.63) is 5.82 Å². The predicted molar refractivity (Wildman–Crippen MR) is 65.5 cm³/mol. The lowest BCUT2D eigenvalue weighted by atomic mass is 9.81. The molecule has 18 heavy (non-hydrogen) atoms.